The fourth-order valence-corrected chi connectivity index (χ4v) is 3.04. The van der Waals surface area contributed by atoms with Gasteiger partial charge >= 0.3 is 0 Å². The van der Waals surface area contributed by atoms with Crippen molar-refractivity contribution in [3.05, 3.63) is 84.8 Å². The Labute approximate surface area is 155 Å². The average molecular weight is 345 g/mol. The van der Waals surface area contributed by atoms with Crippen LogP contribution in [0, 0.1) is 5.82 Å². The zero-order valence-electron chi connectivity index (χ0n) is 18.3. The van der Waals surface area contributed by atoms with Crippen LogP contribution in [0.5, 0.6) is 0 Å². The molecule has 5 rings (SSSR count). The molecular formula is C22H13FN2O. The third-order valence-electron chi connectivity index (χ3n) is 4.16. The van der Waals surface area contributed by atoms with Gasteiger partial charge in [-0.15, -0.1) is 0 Å². The number of halogens is 1. The second-order valence-corrected chi connectivity index (χ2v) is 5.65. The van der Waals surface area contributed by atoms with E-state index in [1.165, 1.54) is 12.1 Å². The molecule has 0 amide bonds. The maximum absolute atomic E-state index is 15.1. The van der Waals surface area contributed by atoms with Gasteiger partial charge < -0.3 is 4.42 Å². The van der Waals surface area contributed by atoms with Crippen LogP contribution in [0.3, 0.4) is 0 Å². The van der Waals surface area contributed by atoms with Crippen LogP contribution in [-0.2, 0) is 0 Å². The van der Waals surface area contributed by atoms with Crippen LogP contribution in [0.25, 0.3) is 44.5 Å². The van der Waals surface area contributed by atoms with E-state index in [1.807, 2.05) is 6.07 Å². The molecular weight excluding hydrogens is 327 g/mol. The highest BCUT2D eigenvalue weighted by Crippen LogP contribution is 2.39. The van der Waals surface area contributed by atoms with Crippen LogP contribution in [0.15, 0.2) is 83.4 Å². The van der Waals surface area contributed by atoms with Gasteiger partial charge in [-0.25, -0.2) is 4.39 Å². The van der Waals surface area contributed by atoms with E-state index in [-0.39, 0.29) is 16.7 Å². The SMILES string of the molecule is [2H]c1c([2H])c([2H])c(-c2c(F)ccc3c2oc2c(-c4ccccn4)nccc23)c([2H])c1[2H]. The molecule has 0 N–H and O–H groups in total. The molecule has 0 fully saturated rings. The molecule has 0 radical (unpaired) electrons. The summed E-state index contributed by atoms with van der Waals surface area (Å²) in [6.45, 7) is 0. The molecule has 26 heavy (non-hydrogen) atoms. The number of fused-ring (bicyclic) bond motifs is 3. The van der Waals surface area contributed by atoms with Crippen LogP contribution in [0.2, 0.25) is 0 Å². The van der Waals surface area contributed by atoms with Crippen molar-refractivity contribution in [1.29, 1.82) is 0 Å². The largest absolute Gasteiger partial charge is 0.453 e. The van der Waals surface area contributed by atoms with Crippen molar-refractivity contribution in [2.45, 2.75) is 0 Å². The van der Waals surface area contributed by atoms with Crippen LogP contribution in [-0.4, -0.2) is 9.97 Å². The Morgan fingerprint density at radius 3 is 2.50 bits per heavy atom. The summed E-state index contributed by atoms with van der Waals surface area (Å²) in [6.07, 6.45) is 3.21. The van der Waals surface area contributed by atoms with Gasteiger partial charge in [-0.3, -0.25) is 9.97 Å². The maximum Gasteiger partial charge on any atom is 0.163 e. The summed E-state index contributed by atoms with van der Waals surface area (Å²) in [5.41, 5.74) is 1.05. The van der Waals surface area contributed by atoms with Crippen LogP contribution in [0.1, 0.15) is 6.85 Å². The molecule has 0 saturated carbocycles. The number of hydrogen-bond acceptors (Lipinski definition) is 3. The Hall–Kier alpha value is -3.53. The summed E-state index contributed by atoms with van der Waals surface area (Å²) in [4.78, 5) is 8.66. The highest BCUT2D eigenvalue weighted by atomic mass is 19.1. The standard InChI is InChI=1S/C22H13FN2O/c23-17-10-9-15-16-11-13-25-20(18-8-4-5-12-24-18)22(16)26-21(15)19(17)14-6-2-1-3-7-14/h1-13H/i1D,2D,3D,6D,7D. The van der Waals surface area contributed by atoms with Gasteiger partial charge in [0.2, 0.25) is 0 Å². The summed E-state index contributed by atoms with van der Waals surface area (Å²) in [5, 5.41) is 1.19. The molecule has 3 aromatic heterocycles. The Morgan fingerprint density at radius 1 is 0.846 bits per heavy atom. The van der Waals surface area contributed by atoms with E-state index in [0.29, 0.717) is 27.7 Å². The van der Waals surface area contributed by atoms with Gasteiger partial charge in [0.15, 0.2) is 5.58 Å². The molecule has 5 aromatic rings. The molecule has 2 aromatic carbocycles. The number of pyridine rings is 2. The maximum atomic E-state index is 15.1. The van der Waals surface area contributed by atoms with Crippen molar-refractivity contribution in [3.8, 4) is 22.5 Å². The lowest BCUT2D eigenvalue weighted by Gasteiger charge is -2.04. The molecule has 0 aliphatic heterocycles. The number of furan rings is 1. The van der Waals surface area contributed by atoms with Gasteiger partial charge in [0, 0.05) is 23.2 Å². The number of aromatic nitrogens is 2. The lowest BCUT2D eigenvalue weighted by Crippen LogP contribution is -1.86. The lowest BCUT2D eigenvalue weighted by molar-refractivity contribution is 0.622. The Balaban J connectivity index is 1.92. The third-order valence-corrected chi connectivity index (χ3v) is 4.16. The van der Waals surface area contributed by atoms with E-state index < -0.39 is 36.0 Å². The lowest BCUT2D eigenvalue weighted by atomic mass is 10.0. The van der Waals surface area contributed by atoms with Crippen molar-refractivity contribution < 1.29 is 15.7 Å². The van der Waals surface area contributed by atoms with Crippen LogP contribution >= 0.6 is 0 Å². The third kappa shape index (κ3) is 2.19. The molecule has 4 heteroatoms. The van der Waals surface area contributed by atoms with E-state index in [9.17, 15) is 0 Å². The zero-order chi connectivity index (χ0) is 21.9. The molecule has 0 saturated heterocycles. The summed E-state index contributed by atoms with van der Waals surface area (Å²) in [6, 6.07) is 7.19. The smallest absolute Gasteiger partial charge is 0.163 e. The summed E-state index contributed by atoms with van der Waals surface area (Å²) < 4.78 is 61.3. The predicted octanol–water partition coefficient (Wildman–Crippen LogP) is 5.85. The van der Waals surface area contributed by atoms with Gasteiger partial charge in [-0.05, 0) is 35.9 Å². The van der Waals surface area contributed by atoms with E-state index in [4.69, 9.17) is 11.3 Å². The molecule has 0 atom stereocenters. The van der Waals surface area contributed by atoms with Gasteiger partial charge in [-0.1, -0.05) is 36.3 Å². The molecule has 0 bridgehead atoms. The van der Waals surface area contributed by atoms with E-state index >= 15 is 4.39 Å². The minimum absolute atomic E-state index is 0.0821. The second-order valence-electron chi connectivity index (χ2n) is 5.65. The molecule has 0 aliphatic carbocycles. The molecule has 3 nitrogen and oxygen atoms in total. The highest BCUT2D eigenvalue weighted by Gasteiger charge is 2.19. The zero-order valence-corrected chi connectivity index (χ0v) is 13.3. The first-order valence-corrected chi connectivity index (χ1v) is 7.88. The number of nitrogens with zero attached hydrogens (tertiary/aromatic N) is 2. The first-order valence-electron chi connectivity index (χ1n) is 10.4. The molecule has 124 valence electrons. The van der Waals surface area contributed by atoms with Crippen LogP contribution in [0.4, 0.5) is 4.39 Å². The van der Waals surface area contributed by atoms with E-state index in [0.717, 1.165) is 0 Å². The second kappa shape index (κ2) is 5.77. The molecule has 0 aliphatic rings. The van der Waals surface area contributed by atoms with Crippen molar-refractivity contribution in [2.75, 3.05) is 0 Å². The van der Waals surface area contributed by atoms with Crippen molar-refractivity contribution >= 4 is 21.9 Å². The van der Waals surface area contributed by atoms with Gasteiger partial charge in [-0.2, -0.15) is 0 Å². The van der Waals surface area contributed by atoms with E-state index in [2.05, 4.69) is 9.97 Å². The van der Waals surface area contributed by atoms with Crippen molar-refractivity contribution in [2.24, 2.45) is 0 Å². The minimum Gasteiger partial charge on any atom is -0.453 e. The predicted molar refractivity (Wildman–Crippen MR) is 100 cm³/mol. The van der Waals surface area contributed by atoms with Crippen molar-refractivity contribution in [1.82, 2.24) is 9.97 Å². The fourth-order valence-electron chi connectivity index (χ4n) is 3.04. The first-order chi connectivity index (χ1) is 14.9. The first kappa shape index (κ1) is 10.5. The minimum atomic E-state index is -0.752. The Morgan fingerprint density at radius 2 is 1.69 bits per heavy atom. The van der Waals surface area contributed by atoms with Gasteiger partial charge in [0.05, 0.1) is 18.1 Å². The normalized spacial score (nSPS) is 14.0. The number of hydrogen-bond donors (Lipinski definition) is 0. The van der Waals surface area contributed by atoms with E-state index in [1.54, 1.807) is 30.6 Å². The Kier molecular flexibility index (Phi) is 2.32. The number of rotatable bonds is 2. The fraction of sp³-hybridized carbons (Fsp3) is 0. The van der Waals surface area contributed by atoms with Crippen LogP contribution < -0.4 is 0 Å². The molecule has 0 spiro atoms. The Bertz CT molecular complexity index is 1470. The summed E-state index contributed by atoms with van der Waals surface area (Å²) in [5.74, 6) is -0.752. The summed E-state index contributed by atoms with van der Waals surface area (Å²) in [7, 11) is 0. The monoisotopic (exact) mass is 345 g/mol. The van der Waals surface area contributed by atoms with Gasteiger partial charge in [0.25, 0.3) is 0 Å². The highest BCUT2D eigenvalue weighted by molar-refractivity contribution is 6.12. The van der Waals surface area contributed by atoms with Crippen molar-refractivity contribution in [3.63, 3.8) is 0 Å². The average Bonchev–Trinajstić information content (AvgIpc) is 3.17. The molecule has 0 unspecified atom stereocenters. The van der Waals surface area contributed by atoms with Gasteiger partial charge in [0.1, 0.15) is 17.1 Å². The number of benzene rings is 2. The summed E-state index contributed by atoms with van der Waals surface area (Å²) >= 11 is 0. The topological polar surface area (TPSA) is 38.9 Å². The molecule has 3 heterocycles. The quantitative estimate of drug-likeness (QED) is 0.403.